The first kappa shape index (κ1) is 34.3. The largest absolute Gasteiger partial charge is 0.310 e. The highest BCUT2D eigenvalue weighted by molar-refractivity contribution is 7.00. The Bertz CT molecular complexity index is 3180. The van der Waals surface area contributed by atoms with Crippen molar-refractivity contribution in [2.45, 2.75) is 52.4 Å². The molecule has 0 aliphatic carbocycles. The Morgan fingerprint density at radius 1 is 0.475 bits per heavy atom. The van der Waals surface area contributed by atoms with Crippen molar-refractivity contribution in [2.24, 2.45) is 0 Å². The number of rotatable bonds is 3. The quantitative estimate of drug-likeness (QED) is 0.168. The van der Waals surface area contributed by atoms with Gasteiger partial charge in [0.25, 0.3) is 6.71 Å². The fraction of sp³-hybridized carbons (Fsp3) is 0.148. The Morgan fingerprint density at radius 3 is 1.41 bits per heavy atom. The second kappa shape index (κ2) is 11.9. The van der Waals surface area contributed by atoms with Crippen LogP contribution in [0.4, 0.5) is 0 Å². The fourth-order valence-electron chi connectivity index (χ4n) is 10.6. The number of benzene rings is 7. The van der Waals surface area contributed by atoms with E-state index < -0.39 is 0 Å². The van der Waals surface area contributed by atoms with Crippen LogP contribution < -0.4 is 16.4 Å². The summed E-state index contributed by atoms with van der Waals surface area (Å²) in [6.45, 7) is 14.2. The van der Waals surface area contributed by atoms with E-state index in [1.54, 1.807) is 6.33 Å². The van der Waals surface area contributed by atoms with Crippen LogP contribution in [0.3, 0.4) is 0 Å². The summed E-state index contributed by atoms with van der Waals surface area (Å²) in [5.41, 5.74) is 21.1. The maximum Gasteiger partial charge on any atom is 0.252 e. The van der Waals surface area contributed by atoms with Crippen LogP contribution in [0.25, 0.3) is 88.5 Å². The zero-order valence-corrected chi connectivity index (χ0v) is 34.3. The summed E-state index contributed by atoms with van der Waals surface area (Å²) in [7, 11) is 0. The Kier molecular flexibility index (Phi) is 6.94. The standard InChI is InChI=1S/C54H43BN4/c1-53(2,3)39-19-21-41-51-48(39)37-27-34(32-13-9-7-10-14-32)17-23-44(37)58(51)46-29-36(43-25-26-56-31-57-43)30-47-50(46)55(41)42-22-20-40(54(4,5)6)49-38-28-35(33-15-11-8-12-16-33)18-24-45(38)59(47)52(42)49/h7-31H,1-6H3. The predicted octanol–water partition coefficient (Wildman–Crippen LogP) is 11.4. The zero-order chi connectivity index (χ0) is 39.9. The summed E-state index contributed by atoms with van der Waals surface area (Å²) < 4.78 is 5.18. The van der Waals surface area contributed by atoms with E-state index in [0.29, 0.717) is 0 Å². The monoisotopic (exact) mass is 758 g/mol. The lowest BCUT2D eigenvalue weighted by Crippen LogP contribution is -2.59. The molecule has 0 fully saturated rings. The lowest BCUT2D eigenvalue weighted by molar-refractivity contribution is 0.596. The van der Waals surface area contributed by atoms with Crippen LogP contribution in [0.2, 0.25) is 0 Å². The lowest BCUT2D eigenvalue weighted by Gasteiger charge is -2.35. The van der Waals surface area contributed by atoms with Gasteiger partial charge in [-0.25, -0.2) is 9.97 Å². The van der Waals surface area contributed by atoms with Gasteiger partial charge in [0, 0.05) is 55.7 Å². The highest BCUT2D eigenvalue weighted by atomic mass is 15.0. The third kappa shape index (κ3) is 4.79. The highest BCUT2D eigenvalue weighted by Crippen LogP contribution is 2.46. The van der Waals surface area contributed by atoms with E-state index in [0.717, 1.165) is 11.3 Å². The van der Waals surface area contributed by atoms with Crippen LogP contribution in [0.1, 0.15) is 52.7 Å². The molecule has 0 saturated heterocycles. The van der Waals surface area contributed by atoms with Crippen molar-refractivity contribution in [1.82, 2.24) is 19.1 Å². The summed E-state index contributed by atoms with van der Waals surface area (Å²) in [5, 5.41) is 5.28. The zero-order valence-electron chi connectivity index (χ0n) is 34.3. The molecule has 10 aromatic rings. The average Bonchev–Trinajstić information content (AvgIpc) is 3.77. The summed E-state index contributed by atoms with van der Waals surface area (Å²) in [6, 6.07) is 52.4. The number of nitrogens with zero attached hydrogens (tertiary/aromatic N) is 4. The van der Waals surface area contributed by atoms with E-state index in [2.05, 4.69) is 189 Å². The first-order valence-corrected chi connectivity index (χ1v) is 20.9. The SMILES string of the molecule is CC(C)(C)c1ccc2c3c1c1cc(-c4ccccc4)ccc1n3-c1cc(-c3ccncn3)cc3c1B2c1ccc(C(C)(C)C)c2c4cc(-c5ccccc5)ccc4n-3c12. The molecule has 2 aliphatic heterocycles. The van der Waals surface area contributed by atoms with E-state index in [9.17, 15) is 0 Å². The minimum Gasteiger partial charge on any atom is -0.310 e. The van der Waals surface area contributed by atoms with Gasteiger partial charge in [0.15, 0.2) is 0 Å². The van der Waals surface area contributed by atoms with Gasteiger partial charge in [-0.3, -0.25) is 0 Å². The molecule has 0 saturated carbocycles. The number of aromatic nitrogens is 4. The molecule has 3 aromatic heterocycles. The fourth-order valence-corrected chi connectivity index (χ4v) is 10.6. The van der Waals surface area contributed by atoms with Crippen LogP contribution in [0.15, 0.2) is 152 Å². The molecule has 282 valence electrons. The van der Waals surface area contributed by atoms with Gasteiger partial charge in [0.05, 0.1) is 16.7 Å². The molecule has 0 unspecified atom stereocenters. The van der Waals surface area contributed by atoms with Crippen LogP contribution >= 0.6 is 0 Å². The second-order valence-corrected chi connectivity index (χ2v) is 18.7. The van der Waals surface area contributed by atoms with Gasteiger partial charge in [-0.1, -0.05) is 139 Å². The predicted molar refractivity (Wildman–Crippen MR) is 249 cm³/mol. The Hall–Kier alpha value is -6.72. The van der Waals surface area contributed by atoms with Crippen molar-refractivity contribution in [3.8, 4) is 44.9 Å². The van der Waals surface area contributed by atoms with Crippen molar-refractivity contribution in [3.63, 3.8) is 0 Å². The smallest absolute Gasteiger partial charge is 0.252 e. The summed E-state index contributed by atoms with van der Waals surface area (Å²) in [6.07, 6.45) is 3.52. The number of hydrogen-bond donors (Lipinski definition) is 0. The van der Waals surface area contributed by atoms with Crippen LogP contribution in [-0.4, -0.2) is 25.8 Å². The lowest BCUT2D eigenvalue weighted by atomic mass is 9.34. The third-order valence-electron chi connectivity index (χ3n) is 13.1. The molecule has 7 aromatic carbocycles. The summed E-state index contributed by atoms with van der Waals surface area (Å²) >= 11 is 0. The molecular weight excluding hydrogens is 715 g/mol. The molecule has 0 radical (unpaired) electrons. The molecule has 4 nitrogen and oxygen atoms in total. The highest BCUT2D eigenvalue weighted by Gasteiger charge is 2.43. The molecular formula is C54H43BN4. The van der Waals surface area contributed by atoms with Gasteiger partial charge in [-0.05, 0) is 103 Å². The first-order chi connectivity index (χ1) is 28.6. The van der Waals surface area contributed by atoms with E-state index in [1.807, 2.05) is 12.3 Å². The summed E-state index contributed by atoms with van der Waals surface area (Å²) in [5.74, 6) is 0. The molecule has 12 rings (SSSR count). The first-order valence-electron chi connectivity index (χ1n) is 20.9. The molecule has 0 atom stereocenters. The Labute approximate surface area is 344 Å². The third-order valence-corrected chi connectivity index (χ3v) is 13.1. The maximum absolute atomic E-state index is 4.85. The van der Waals surface area contributed by atoms with Crippen molar-refractivity contribution in [2.75, 3.05) is 0 Å². The van der Waals surface area contributed by atoms with Gasteiger partial charge < -0.3 is 9.13 Å². The normalized spacial score (nSPS) is 13.2. The van der Waals surface area contributed by atoms with Crippen molar-refractivity contribution >= 4 is 66.7 Å². The van der Waals surface area contributed by atoms with Gasteiger partial charge in [-0.15, -0.1) is 0 Å². The molecule has 0 bridgehead atoms. The van der Waals surface area contributed by atoms with Crippen LogP contribution in [0, 0.1) is 0 Å². The second-order valence-electron chi connectivity index (χ2n) is 18.7. The summed E-state index contributed by atoms with van der Waals surface area (Å²) in [4.78, 5) is 9.17. The van der Waals surface area contributed by atoms with Gasteiger partial charge in [-0.2, -0.15) is 0 Å². The van der Waals surface area contributed by atoms with Gasteiger partial charge >= 0.3 is 0 Å². The average molecular weight is 759 g/mol. The van der Waals surface area contributed by atoms with E-state index in [1.165, 1.54) is 105 Å². The van der Waals surface area contributed by atoms with Crippen molar-refractivity contribution in [3.05, 3.63) is 163 Å². The maximum atomic E-state index is 4.85. The molecule has 0 N–H and O–H groups in total. The van der Waals surface area contributed by atoms with Crippen molar-refractivity contribution in [1.29, 1.82) is 0 Å². The van der Waals surface area contributed by atoms with Crippen molar-refractivity contribution < 1.29 is 0 Å². The minimum absolute atomic E-state index is 0.0308. The van der Waals surface area contributed by atoms with E-state index in [-0.39, 0.29) is 17.5 Å². The van der Waals surface area contributed by atoms with Gasteiger partial charge in [0.2, 0.25) is 0 Å². The number of hydrogen-bond acceptors (Lipinski definition) is 2. The molecule has 5 heterocycles. The molecule has 2 aliphatic rings. The number of fused-ring (bicyclic) bond motifs is 10. The topological polar surface area (TPSA) is 35.6 Å². The molecule has 0 amide bonds. The molecule has 0 spiro atoms. The van der Waals surface area contributed by atoms with E-state index in [4.69, 9.17) is 4.98 Å². The minimum atomic E-state index is -0.0777. The molecule has 5 heteroatoms. The Balaban J connectivity index is 1.27. The van der Waals surface area contributed by atoms with E-state index >= 15 is 0 Å². The Morgan fingerprint density at radius 2 is 0.966 bits per heavy atom. The molecule has 59 heavy (non-hydrogen) atoms. The van der Waals surface area contributed by atoms with Crippen LogP contribution in [0.5, 0.6) is 0 Å². The van der Waals surface area contributed by atoms with Gasteiger partial charge in [0.1, 0.15) is 6.33 Å². The van der Waals surface area contributed by atoms with Crippen LogP contribution in [-0.2, 0) is 10.8 Å².